The maximum absolute atomic E-state index is 13.1. The number of hydrogen-bond donors (Lipinski definition) is 1. The van der Waals surface area contributed by atoms with E-state index >= 15 is 0 Å². The number of rotatable bonds is 5. The number of amides is 1. The topological polar surface area (TPSA) is 103 Å². The van der Waals surface area contributed by atoms with Crippen LogP contribution in [-0.2, 0) is 6.54 Å². The highest BCUT2D eigenvalue weighted by atomic mass is 32.1. The second kappa shape index (κ2) is 7.44. The first kappa shape index (κ1) is 18.8. The van der Waals surface area contributed by atoms with E-state index in [2.05, 4.69) is 10.4 Å². The first-order valence-corrected chi connectivity index (χ1v) is 9.82. The third kappa shape index (κ3) is 3.47. The Balaban J connectivity index is 1.81. The summed E-state index contributed by atoms with van der Waals surface area (Å²) in [5.41, 5.74) is 2.78. The summed E-state index contributed by atoms with van der Waals surface area (Å²) in [6.45, 7) is 4.36. The standard InChI is InChI=1S/C20H17N5O3S/c1-3-24-19-15(11-21-24)14(10-17(22-19)18-5-4-8-29-18)20(26)23-16-9-13(25(27)28)7-6-12(16)2/h4-11H,3H2,1-2H3,(H,23,26). The summed E-state index contributed by atoms with van der Waals surface area (Å²) < 4.78 is 1.74. The summed E-state index contributed by atoms with van der Waals surface area (Å²) in [5, 5.41) is 20.8. The molecule has 0 radical (unpaired) electrons. The van der Waals surface area contributed by atoms with Crippen molar-refractivity contribution >= 4 is 39.7 Å². The number of nitro groups is 1. The number of anilines is 1. The van der Waals surface area contributed by atoms with E-state index in [1.54, 1.807) is 29.9 Å². The van der Waals surface area contributed by atoms with E-state index < -0.39 is 4.92 Å². The molecule has 4 aromatic rings. The maximum Gasteiger partial charge on any atom is 0.271 e. The monoisotopic (exact) mass is 407 g/mol. The molecule has 0 atom stereocenters. The normalized spacial score (nSPS) is 11.0. The van der Waals surface area contributed by atoms with Gasteiger partial charge in [0, 0.05) is 18.7 Å². The van der Waals surface area contributed by atoms with Crippen molar-refractivity contribution in [3.05, 3.63) is 69.2 Å². The molecule has 0 saturated carbocycles. The third-order valence-corrected chi connectivity index (χ3v) is 5.50. The number of pyridine rings is 1. The lowest BCUT2D eigenvalue weighted by Crippen LogP contribution is -2.14. The van der Waals surface area contributed by atoms with E-state index in [0.717, 1.165) is 10.4 Å². The predicted molar refractivity (Wildman–Crippen MR) is 112 cm³/mol. The Morgan fingerprint density at radius 1 is 1.31 bits per heavy atom. The van der Waals surface area contributed by atoms with Crippen molar-refractivity contribution in [1.82, 2.24) is 14.8 Å². The number of non-ortho nitro benzene ring substituents is 1. The van der Waals surface area contributed by atoms with Crippen molar-refractivity contribution in [2.75, 3.05) is 5.32 Å². The molecule has 1 N–H and O–H groups in total. The fourth-order valence-electron chi connectivity index (χ4n) is 3.07. The minimum absolute atomic E-state index is 0.0798. The molecule has 0 fully saturated rings. The van der Waals surface area contributed by atoms with Gasteiger partial charge in [0.25, 0.3) is 11.6 Å². The molecule has 0 aliphatic heterocycles. The molecule has 0 unspecified atom stereocenters. The van der Waals surface area contributed by atoms with Crippen molar-refractivity contribution < 1.29 is 9.72 Å². The number of aromatic nitrogens is 3. The largest absolute Gasteiger partial charge is 0.321 e. The van der Waals surface area contributed by atoms with Crippen LogP contribution in [0.2, 0.25) is 0 Å². The molecule has 9 heteroatoms. The van der Waals surface area contributed by atoms with E-state index in [4.69, 9.17) is 4.98 Å². The van der Waals surface area contributed by atoms with Gasteiger partial charge in [0.15, 0.2) is 5.65 Å². The Bertz CT molecular complexity index is 1230. The SMILES string of the molecule is CCn1ncc2c(C(=O)Nc3cc([N+](=O)[O-])ccc3C)cc(-c3cccs3)nc21. The molecule has 8 nitrogen and oxygen atoms in total. The van der Waals surface area contributed by atoms with Crippen LogP contribution >= 0.6 is 11.3 Å². The van der Waals surface area contributed by atoms with Crippen molar-refractivity contribution in [1.29, 1.82) is 0 Å². The number of nitrogens with zero attached hydrogens (tertiary/aromatic N) is 4. The van der Waals surface area contributed by atoms with Crippen LogP contribution in [0.1, 0.15) is 22.8 Å². The lowest BCUT2D eigenvalue weighted by atomic mass is 10.1. The fourth-order valence-corrected chi connectivity index (χ4v) is 3.75. The summed E-state index contributed by atoms with van der Waals surface area (Å²) in [5.74, 6) is -0.366. The number of carbonyl (C=O) groups is 1. The molecular formula is C20H17N5O3S. The number of fused-ring (bicyclic) bond motifs is 1. The van der Waals surface area contributed by atoms with Gasteiger partial charge < -0.3 is 5.32 Å². The molecule has 3 heterocycles. The smallest absolute Gasteiger partial charge is 0.271 e. The van der Waals surface area contributed by atoms with Gasteiger partial charge in [-0.1, -0.05) is 12.1 Å². The summed E-state index contributed by atoms with van der Waals surface area (Å²) in [4.78, 5) is 29.4. The van der Waals surface area contributed by atoms with Gasteiger partial charge in [-0.15, -0.1) is 11.3 Å². The molecular weight excluding hydrogens is 390 g/mol. The minimum atomic E-state index is -0.486. The van der Waals surface area contributed by atoms with Crippen LogP contribution in [0.4, 0.5) is 11.4 Å². The molecule has 1 amide bonds. The quantitative estimate of drug-likeness (QED) is 0.383. The van der Waals surface area contributed by atoms with Gasteiger partial charge in [-0.25, -0.2) is 9.67 Å². The molecule has 0 aliphatic carbocycles. The van der Waals surface area contributed by atoms with E-state index in [-0.39, 0.29) is 11.6 Å². The number of aryl methyl sites for hydroxylation is 2. The summed E-state index contributed by atoms with van der Waals surface area (Å²) in [6, 6.07) is 9.99. The van der Waals surface area contributed by atoms with Gasteiger partial charge >= 0.3 is 0 Å². The number of benzene rings is 1. The van der Waals surface area contributed by atoms with E-state index in [0.29, 0.717) is 34.5 Å². The van der Waals surface area contributed by atoms with E-state index in [1.807, 2.05) is 24.4 Å². The van der Waals surface area contributed by atoms with Crippen LogP contribution < -0.4 is 5.32 Å². The van der Waals surface area contributed by atoms with Crippen LogP contribution in [0.15, 0.2) is 48.0 Å². The first-order valence-electron chi connectivity index (χ1n) is 8.94. The van der Waals surface area contributed by atoms with Crippen LogP contribution in [0.3, 0.4) is 0 Å². The zero-order valence-corrected chi connectivity index (χ0v) is 16.6. The Kier molecular flexibility index (Phi) is 4.81. The summed E-state index contributed by atoms with van der Waals surface area (Å²) in [7, 11) is 0. The molecule has 0 aliphatic rings. The zero-order chi connectivity index (χ0) is 20.5. The zero-order valence-electron chi connectivity index (χ0n) is 15.7. The molecule has 29 heavy (non-hydrogen) atoms. The fraction of sp³-hybridized carbons (Fsp3) is 0.150. The lowest BCUT2D eigenvalue weighted by molar-refractivity contribution is -0.384. The molecule has 0 spiro atoms. The Morgan fingerprint density at radius 2 is 2.14 bits per heavy atom. The first-order chi connectivity index (χ1) is 14.0. The van der Waals surface area contributed by atoms with Crippen LogP contribution in [0.25, 0.3) is 21.6 Å². The number of nitro benzene ring substituents is 1. The number of nitrogens with one attached hydrogen (secondary N) is 1. The molecule has 0 saturated heterocycles. The van der Waals surface area contributed by atoms with Crippen molar-refractivity contribution in [2.45, 2.75) is 20.4 Å². The minimum Gasteiger partial charge on any atom is -0.321 e. The molecule has 0 bridgehead atoms. The Morgan fingerprint density at radius 3 is 2.83 bits per heavy atom. The molecule has 4 rings (SSSR count). The van der Waals surface area contributed by atoms with Gasteiger partial charge in [0.05, 0.1) is 38.3 Å². The number of hydrogen-bond acceptors (Lipinski definition) is 6. The highest BCUT2D eigenvalue weighted by Crippen LogP contribution is 2.29. The Labute approximate surface area is 170 Å². The van der Waals surface area contributed by atoms with Crippen LogP contribution in [-0.4, -0.2) is 25.6 Å². The van der Waals surface area contributed by atoms with Crippen molar-refractivity contribution in [3.8, 4) is 10.6 Å². The maximum atomic E-state index is 13.1. The summed E-state index contributed by atoms with van der Waals surface area (Å²) in [6.07, 6.45) is 1.62. The van der Waals surface area contributed by atoms with E-state index in [9.17, 15) is 14.9 Å². The average Bonchev–Trinajstić information content (AvgIpc) is 3.38. The van der Waals surface area contributed by atoms with Gasteiger partial charge in [-0.3, -0.25) is 14.9 Å². The summed E-state index contributed by atoms with van der Waals surface area (Å²) >= 11 is 1.53. The molecule has 1 aromatic carbocycles. The van der Waals surface area contributed by atoms with Crippen LogP contribution in [0.5, 0.6) is 0 Å². The second-order valence-corrected chi connectivity index (χ2v) is 7.39. The molecule has 146 valence electrons. The number of thiophene rings is 1. The van der Waals surface area contributed by atoms with E-state index in [1.165, 1.54) is 23.5 Å². The van der Waals surface area contributed by atoms with Gasteiger partial charge in [-0.2, -0.15) is 5.10 Å². The van der Waals surface area contributed by atoms with Crippen molar-refractivity contribution in [3.63, 3.8) is 0 Å². The lowest BCUT2D eigenvalue weighted by Gasteiger charge is -2.10. The average molecular weight is 407 g/mol. The molecule has 3 aromatic heterocycles. The highest BCUT2D eigenvalue weighted by Gasteiger charge is 2.19. The highest BCUT2D eigenvalue weighted by molar-refractivity contribution is 7.13. The van der Waals surface area contributed by atoms with Gasteiger partial charge in [-0.05, 0) is 36.9 Å². The van der Waals surface area contributed by atoms with Gasteiger partial charge in [0.1, 0.15) is 0 Å². The van der Waals surface area contributed by atoms with Crippen LogP contribution in [0, 0.1) is 17.0 Å². The Hall–Kier alpha value is -3.59. The predicted octanol–water partition coefficient (Wildman–Crippen LogP) is 4.65. The third-order valence-electron chi connectivity index (χ3n) is 4.61. The van der Waals surface area contributed by atoms with Crippen molar-refractivity contribution in [2.24, 2.45) is 0 Å². The van der Waals surface area contributed by atoms with Gasteiger partial charge in [0.2, 0.25) is 0 Å². The second-order valence-electron chi connectivity index (χ2n) is 6.44. The number of carbonyl (C=O) groups excluding carboxylic acids is 1.